The molecule has 3 aromatic rings. The van der Waals surface area contributed by atoms with E-state index in [0.717, 1.165) is 0 Å². The second kappa shape index (κ2) is 9.56. The predicted molar refractivity (Wildman–Crippen MR) is 136 cm³/mol. The number of ether oxygens (including phenoxy) is 1. The lowest BCUT2D eigenvalue weighted by Crippen LogP contribution is -2.36. The molecule has 1 saturated carbocycles. The van der Waals surface area contributed by atoms with Crippen LogP contribution < -0.4 is 11.1 Å². The molecule has 3 N–H and O–H groups in total. The van der Waals surface area contributed by atoms with Crippen LogP contribution in [0.4, 0.5) is 14.6 Å². The Kier molecular flexibility index (Phi) is 6.53. The summed E-state index contributed by atoms with van der Waals surface area (Å²) in [6.45, 7) is 2.26. The number of rotatable bonds is 6. The summed E-state index contributed by atoms with van der Waals surface area (Å²) in [7, 11) is 3.22. The number of nitrogens with zero attached hydrogens (tertiary/aromatic N) is 5. The third kappa shape index (κ3) is 4.46. The van der Waals surface area contributed by atoms with Crippen molar-refractivity contribution < 1.29 is 23.1 Å². The van der Waals surface area contributed by atoms with Crippen LogP contribution in [0.25, 0.3) is 11.0 Å². The maximum atomic E-state index is 13.6. The Labute approximate surface area is 222 Å². The number of likely N-dealkylation sites (tertiary alicyclic amines) is 1. The molecule has 200 valence electrons. The Morgan fingerprint density at radius 2 is 2.08 bits per heavy atom. The Balaban J connectivity index is 1.51. The molecule has 2 aliphatic rings. The second-order valence-electron chi connectivity index (χ2n) is 9.50. The highest BCUT2D eigenvalue weighted by Crippen LogP contribution is 2.53. The topological polar surface area (TPSA) is 120 Å². The fourth-order valence-electron chi connectivity index (χ4n) is 5.08. The van der Waals surface area contributed by atoms with Gasteiger partial charge in [-0.25, -0.2) is 18.4 Å². The molecule has 2 fully saturated rings. The van der Waals surface area contributed by atoms with E-state index in [1.807, 2.05) is 0 Å². The van der Waals surface area contributed by atoms with Crippen molar-refractivity contribution in [3.8, 4) is 11.8 Å². The van der Waals surface area contributed by atoms with E-state index in [-0.39, 0.29) is 40.7 Å². The first kappa shape index (κ1) is 25.9. The van der Waals surface area contributed by atoms with E-state index in [2.05, 4.69) is 27.2 Å². The van der Waals surface area contributed by atoms with E-state index < -0.39 is 17.9 Å². The number of halogens is 3. The number of carbonyl (C=O) groups is 2. The number of alkyl halides is 2. The first-order valence-electron chi connectivity index (χ1n) is 12.0. The standard InChI is InChI=1S/C25H26ClF2N7O3/c1-13(36)33-10-15(7-16(33)11-38-3)35-24(30-2)22(23(29)37)18(32-35)5-4-14-6-19-20(8-17(14)26)34(12-31-19)21-9-25(21,27)28/h6,8,12,15-16,21,30H,7,9-11H2,1-3H3,(H2,29,37)/t15-,16+,21+/m0/s1. The lowest BCUT2D eigenvalue weighted by atomic mass is 10.1. The van der Waals surface area contributed by atoms with Crippen molar-refractivity contribution in [2.75, 3.05) is 32.6 Å². The number of hydrogen-bond donors (Lipinski definition) is 2. The van der Waals surface area contributed by atoms with Gasteiger partial charge in [-0.05, 0) is 24.5 Å². The summed E-state index contributed by atoms with van der Waals surface area (Å²) in [5.74, 6) is 2.65. The third-order valence-electron chi connectivity index (χ3n) is 7.00. The minimum atomic E-state index is -2.75. The second-order valence-corrected chi connectivity index (χ2v) is 9.91. The zero-order chi connectivity index (χ0) is 27.4. The molecule has 0 unspecified atom stereocenters. The molecular weight excluding hydrogens is 520 g/mol. The first-order chi connectivity index (χ1) is 18.1. The van der Waals surface area contributed by atoms with Crippen LogP contribution in [-0.4, -0.2) is 75.3 Å². The number of hydrogen-bond acceptors (Lipinski definition) is 6. The summed E-state index contributed by atoms with van der Waals surface area (Å²) in [5.41, 5.74) is 7.31. The number of nitrogens with one attached hydrogen (secondary N) is 1. The number of primary amides is 1. The van der Waals surface area contributed by atoms with Gasteiger partial charge in [0, 0.05) is 39.6 Å². The number of imidazole rings is 1. The molecule has 13 heteroatoms. The molecule has 10 nitrogen and oxygen atoms in total. The van der Waals surface area contributed by atoms with Gasteiger partial charge >= 0.3 is 0 Å². The van der Waals surface area contributed by atoms with Crippen LogP contribution in [0, 0.1) is 11.8 Å². The maximum absolute atomic E-state index is 13.6. The number of amides is 2. The van der Waals surface area contributed by atoms with Crippen LogP contribution in [0.2, 0.25) is 5.02 Å². The normalized spacial score (nSPS) is 21.8. The molecule has 5 rings (SSSR count). The Morgan fingerprint density at radius 1 is 1.34 bits per heavy atom. The van der Waals surface area contributed by atoms with Crippen molar-refractivity contribution >= 4 is 40.3 Å². The van der Waals surface area contributed by atoms with E-state index in [1.165, 1.54) is 17.8 Å². The molecule has 0 bridgehead atoms. The number of nitrogens with two attached hydrogens (primary N) is 1. The number of anilines is 1. The SMILES string of the molecule is CNc1c(C(N)=O)c(C#Cc2cc3ncn([C@@H]4CC4(F)F)c3cc2Cl)nn1[C@H]1C[C@H](COC)N(C(C)=O)C1. The molecular formula is C25H26ClF2N7O3. The molecule has 2 amide bonds. The van der Waals surface area contributed by atoms with Crippen molar-refractivity contribution in [1.29, 1.82) is 0 Å². The summed E-state index contributed by atoms with van der Waals surface area (Å²) in [5, 5.41) is 7.83. The highest BCUT2D eigenvalue weighted by molar-refractivity contribution is 6.32. The number of methoxy groups -OCH3 is 1. The third-order valence-corrected chi connectivity index (χ3v) is 7.32. The zero-order valence-electron chi connectivity index (χ0n) is 21.0. The maximum Gasteiger partial charge on any atom is 0.270 e. The highest BCUT2D eigenvalue weighted by Gasteiger charge is 2.58. The molecule has 3 heterocycles. The molecule has 0 spiro atoms. The van der Waals surface area contributed by atoms with Crippen LogP contribution in [0.5, 0.6) is 0 Å². The first-order valence-corrected chi connectivity index (χ1v) is 12.4. The molecule has 1 aliphatic carbocycles. The number of carbonyl (C=O) groups excluding carboxylic acids is 2. The van der Waals surface area contributed by atoms with Crippen LogP contribution in [0.15, 0.2) is 18.5 Å². The summed E-state index contributed by atoms with van der Waals surface area (Å²) >= 11 is 6.45. The van der Waals surface area contributed by atoms with Gasteiger partial charge in [-0.2, -0.15) is 5.10 Å². The van der Waals surface area contributed by atoms with Gasteiger partial charge < -0.3 is 25.3 Å². The molecule has 38 heavy (non-hydrogen) atoms. The Bertz CT molecular complexity index is 1510. The van der Waals surface area contributed by atoms with Crippen molar-refractivity contribution in [2.24, 2.45) is 5.73 Å². The van der Waals surface area contributed by atoms with E-state index in [1.54, 1.807) is 35.9 Å². The van der Waals surface area contributed by atoms with Crippen LogP contribution in [-0.2, 0) is 9.53 Å². The van der Waals surface area contributed by atoms with E-state index in [4.69, 9.17) is 22.1 Å². The lowest BCUT2D eigenvalue weighted by molar-refractivity contribution is -0.130. The number of fused-ring (bicyclic) bond motifs is 1. The fraction of sp³-hybridized carbons (Fsp3) is 0.440. The quantitative estimate of drug-likeness (QED) is 0.460. The van der Waals surface area contributed by atoms with Crippen LogP contribution >= 0.6 is 11.6 Å². The molecule has 1 saturated heterocycles. The molecule has 1 aliphatic heterocycles. The Hall–Kier alpha value is -3.69. The van der Waals surface area contributed by atoms with Gasteiger partial charge in [0.15, 0.2) is 5.69 Å². The minimum Gasteiger partial charge on any atom is -0.383 e. The van der Waals surface area contributed by atoms with E-state index in [0.29, 0.717) is 42.0 Å². The average Bonchev–Trinajstić information content (AvgIpc) is 3.25. The lowest BCUT2D eigenvalue weighted by Gasteiger charge is -2.21. The average molecular weight is 546 g/mol. The van der Waals surface area contributed by atoms with Gasteiger partial charge in [-0.1, -0.05) is 17.5 Å². The molecule has 0 radical (unpaired) electrons. The van der Waals surface area contributed by atoms with Crippen molar-refractivity contribution in [2.45, 2.75) is 43.8 Å². The smallest absolute Gasteiger partial charge is 0.270 e. The number of benzene rings is 1. The van der Waals surface area contributed by atoms with Gasteiger partial charge in [-0.15, -0.1) is 0 Å². The highest BCUT2D eigenvalue weighted by atomic mass is 35.5. The van der Waals surface area contributed by atoms with Crippen LogP contribution in [0.1, 0.15) is 53.5 Å². The van der Waals surface area contributed by atoms with Gasteiger partial charge in [0.2, 0.25) is 5.91 Å². The summed E-state index contributed by atoms with van der Waals surface area (Å²) in [6.07, 6.45) is 1.71. The molecule has 1 aromatic carbocycles. The molecule has 2 aromatic heterocycles. The van der Waals surface area contributed by atoms with Crippen LogP contribution in [0.3, 0.4) is 0 Å². The van der Waals surface area contributed by atoms with Gasteiger partial charge in [0.25, 0.3) is 11.8 Å². The van der Waals surface area contributed by atoms with E-state index >= 15 is 0 Å². The predicted octanol–water partition coefficient (Wildman–Crippen LogP) is 2.82. The summed E-state index contributed by atoms with van der Waals surface area (Å²) in [6, 6.07) is 1.86. The zero-order valence-corrected chi connectivity index (χ0v) is 21.7. The van der Waals surface area contributed by atoms with Gasteiger partial charge in [0.1, 0.15) is 17.4 Å². The Morgan fingerprint density at radius 3 is 2.68 bits per heavy atom. The minimum absolute atomic E-state index is 0.0827. The van der Waals surface area contributed by atoms with Gasteiger partial charge in [0.05, 0.1) is 41.1 Å². The van der Waals surface area contributed by atoms with Crippen molar-refractivity contribution in [3.05, 3.63) is 40.3 Å². The molecule has 3 atom stereocenters. The number of aromatic nitrogens is 4. The summed E-state index contributed by atoms with van der Waals surface area (Å²) in [4.78, 5) is 30.5. The summed E-state index contributed by atoms with van der Waals surface area (Å²) < 4.78 is 35.5. The van der Waals surface area contributed by atoms with Crippen molar-refractivity contribution in [3.63, 3.8) is 0 Å². The van der Waals surface area contributed by atoms with Gasteiger partial charge in [-0.3, -0.25) is 9.59 Å². The van der Waals surface area contributed by atoms with E-state index in [9.17, 15) is 18.4 Å². The largest absolute Gasteiger partial charge is 0.383 e. The van der Waals surface area contributed by atoms with Crippen molar-refractivity contribution in [1.82, 2.24) is 24.2 Å². The monoisotopic (exact) mass is 545 g/mol. The fourth-order valence-corrected chi connectivity index (χ4v) is 5.29.